The minimum atomic E-state index is -1.49. The van der Waals surface area contributed by atoms with E-state index in [1.165, 1.54) is 0 Å². The van der Waals surface area contributed by atoms with Gasteiger partial charge in [-0.1, -0.05) is 54.6 Å². The normalized spacial score (nSPS) is 26.4. The van der Waals surface area contributed by atoms with Gasteiger partial charge in [0.15, 0.2) is 0 Å². The summed E-state index contributed by atoms with van der Waals surface area (Å²) in [7, 11) is 0. The molecule has 0 aromatic heterocycles. The van der Waals surface area contributed by atoms with Gasteiger partial charge < -0.3 is 25.2 Å². The summed E-state index contributed by atoms with van der Waals surface area (Å²) in [6, 6.07) is 21.7. The Labute approximate surface area is 174 Å². The van der Waals surface area contributed by atoms with Crippen LogP contribution in [0.5, 0.6) is 0 Å². The van der Waals surface area contributed by atoms with E-state index in [9.17, 15) is 25.7 Å². The predicted octanol–water partition coefficient (Wildman–Crippen LogP) is 1.77. The van der Waals surface area contributed by atoms with E-state index >= 15 is 0 Å². The van der Waals surface area contributed by atoms with Gasteiger partial charge >= 0.3 is 0 Å². The van der Waals surface area contributed by atoms with Crippen LogP contribution in [-0.4, -0.2) is 51.4 Å². The first-order valence-corrected chi connectivity index (χ1v) is 9.83. The molecular formula is C24H23NO5. The zero-order valence-corrected chi connectivity index (χ0v) is 16.2. The summed E-state index contributed by atoms with van der Waals surface area (Å²) in [4.78, 5) is 0. The van der Waals surface area contributed by atoms with Gasteiger partial charge in [0.25, 0.3) is 0 Å². The molecule has 0 spiro atoms. The van der Waals surface area contributed by atoms with Crippen molar-refractivity contribution in [2.24, 2.45) is 0 Å². The van der Waals surface area contributed by atoms with Crippen LogP contribution < -0.4 is 0 Å². The summed E-state index contributed by atoms with van der Waals surface area (Å²) in [6.07, 6.45) is -5.79. The van der Waals surface area contributed by atoms with E-state index in [2.05, 4.69) is 30.3 Å². The molecule has 1 aliphatic heterocycles. The molecule has 0 saturated carbocycles. The summed E-state index contributed by atoms with van der Waals surface area (Å²) >= 11 is 0. The van der Waals surface area contributed by atoms with Gasteiger partial charge in [-0.15, -0.1) is 0 Å². The van der Waals surface area contributed by atoms with Crippen molar-refractivity contribution in [2.45, 2.75) is 36.9 Å². The molecule has 1 aromatic carbocycles. The highest BCUT2D eigenvalue weighted by Gasteiger charge is 2.44. The zero-order chi connectivity index (χ0) is 21.3. The van der Waals surface area contributed by atoms with Crippen LogP contribution in [0.2, 0.25) is 0 Å². The van der Waals surface area contributed by atoms with Gasteiger partial charge in [-0.25, -0.2) is 0 Å². The maximum Gasteiger partial charge on any atom is 0.113 e. The van der Waals surface area contributed by atoms with Gasteiger partial charge in [0.2, 0.25) is 0 Å². The Morgan fingerprint density at radius 3 is 2.17 bits per heavy atom. The molecule has 5 atom stereocenters. The van der Waals surface area contributed by atoms with Gasteiger partial charge in [-0.05, 0) is 34.7 Å². The average molecular weight is 405 g/mol. The molecule has 4 rings (SSSR count). The van der Waals surface area contributed by atoms with Crippen LogP contribution in [0.4, 0.5) is 0 Å². The van der Waals surface area contributed by atoms with Crippen LogP contribution in [0.1, 0.15) is 28.4 Å². The second kappa shape index (κ2) is 8.52. The molecule has 1 aromatic rings. The second-order valence-corrected chi connectivity index (χ2v) is 7.64. The highest BCUT2D eigenvalue weighted by Crippen LogP contribution is 2.35. The molecule has 6 nitrogen and oxygen atoms in total. The number of fused-ring (bicyclic) bond motifs is 1. The van der Waals surface area contributed by atoms with Gasteiger partial charge in [-0.2, -0.15) is 5.26 Å². The van der Waals surface area contributed by atoms with E-state index in [-0.39, 0.29) is 0 Å². The Kier molecular flexibility index (Phi) is 5.82. The van der Waals surface area contributed by atoms with Crippen LogP contribution in [0, 0.1) is 11.3 Å². The Bertz CT molecular complexity index is 1010. The summed E-state index contributed by atoms with van der Waals surface area (Å²) < 4.78 is 5.66. The standard InChI is InChI=1S/C24H23NO5/c25-12-18-7-6-14(8-15-9-16-4-2-1-3-5-17(16)10-15)11-19(18)24-23(29)22(28)21(27)20(13-26)30-24/h1-7,9-11,20-24,26-29H,8,13H2/t20-,21-,22+,23-,24+/m1/s1. The number of hydrogen-bond acceptors (Lipinski definition) is 6. The second-order valence-electron chi connectivity index (χ2n) is 7.64. The molecule has 30 heavy (non-hydrogen) atoms. The lowest BCUT2D eigenvalue weighted by Crippen LogP contribution is -2.55. The number of rotatable bonds is 4. The monoisotopic (exact) mass is 405 g/mol. The molecule has 4 N–H and O–H groups in total. The molecule has 0 amide bonds. The van der Waals surface area contributed by atoms with Gasteiger partial charge in [0.05, 0.1) is 18.2 Å². The molecule has 154 valence electrons. The Balaban J connectivity index is 1.67. The van der Waals surface area contributed by atoms with E-state index in [4.69, 9.17) is 4.74 Å². The van der Waals surface area contributed by atoms with Gasteiger partial charge in [-0.3, -0.25) is 0 Å². The summed E-state index contributed by atoms with van der Waals surface area (Å²) in [5, 5.41) is 49.6. The predicted molar refractivity (Wildman–Crippen MR) is 110 cm³/mol. The number of ether oxygens (including phenoxy) is 1. The lowest BCUT2D eigenvalue weighted by Gasteiger charge is -2.40. The van der Waals surface area contributed by atoms with E-state index < -0.39 is 37.1 Å². The molecule has 1 heterocycles. The van der Waals surface area contributed by atoms with E-state index in [0.29, 0.717) is 17.5 Å². The highest BCUT2D eigenvalue weighted by atomic mass is 16.5. The van der Waals surface area contributed by atoms with E-state index in [1.807, 2.05) is 24.3 Å². The first-order chi connectivity index (χ1) is 14.5. The lowest BCUT2D eigenvalue weighted by atomic mass is 9.88. The largest absolute Gasteiger partial charge is 0.394 e. The van der Waals surface area contributed by atoms with Crippen molar-refractivity contribution in [3.05, 3.63) is 82.9 Å². The summed E-state index contributed by atoms with van der Waals surface area (Å²) in [5.41, 5.74) is 5.04. The highest BCUT2D eigenvalue weighted by molar-refractivity contribution is 5.68. The van der Waals surface area contributed by atoms with Crippen molar-refractivity contribution < 1.29 is 25.2 Å². The molecule has 6 heteroatoms. The van der Waals surface area contributed by atoms with Crippen molar-refractivity contribution in [3.8, 4) is 17.2 Å². The fourth-order valence-corrected chi connectivity index (χ4v) is 4.03. The van der Waals surface area contributed by atoms with Crippen molar-refractivity contribution in [1.82, 2.24) is 0 Å². The molecule has 3 aliphatic rings. The number of nitriles is 1. The van der Waals surface area contributed by atoms with Crippen LogP contribution in [0.3, 0.4) is 0 Å². The SMILES string of the molecule is N#Cc1ccc(Cc2cc3cccccc-3c2)cc1[C@@H]1O[C@H](CO)[C@@H](O)[C@H](O)[C@H]1O. The number of hydrogen-bond donors (Lipinski definition) is 4. The molecule has 0 bridgehead atoms. The van der Waals surface area contributed by atoms with Crippen LogP contribution >= 0.6 is 0 Å². The topological polar surface area (TPSA) is 114 Å². The molecule has 0 radical (unpaired) electrons. The minimum Gasteiger partial charge on any atom is -0.394 e. The van der Waals surface area contributed by atoms with Gasteiger partial charge in [0, 0.05) is 5.56 Å². The first-order valence-electron chi connectivity index (χ1n) is 9.83. The molecule has 0 unspecified atom stereocenters. The number of benzene rings is 1. The number of aliphatic hydroxyl groups is 4. The van der Waals surface area contributed by atoms with E-state index in [0.717, 1.165) is 22.3 Å². The maximum absolute atomic E-state index is 10.5. The minimum absolute atomic E-state index is 0.308. The smallest absolute Gasteiger partial charge is 0.113 e. The number of nitrogens with zero attached hydrogens (tertiary/aromatic N) is 1. The Hall–Kier alpha value is -2.79. The Morgan fingerprint density at radius 2 is 1.53 bits per heavy atom. The quantitative estimate of drug-likeness (QED) is 0.526. The van der Waals surface area contributed by atoms with Crippen LogP contribution in [0.25, 0.3) is 11.1 Å². The summed E-state index contributed by atoms with van der Waals surface area (Å²) in [5.74, 6) is 0. The van der Waals surface area contributed by atoms with Crippen molar-refractivity contribution >= 4 is 0 Å². The fraction of sp³-hybridized carbons (Fsp3) is 0.292. The third-order valence-corrected chi connectivity index (χ3v) is 5.63. The molecule has 1 saturated heterocycles. The lowest BCUT2D eigenvalue weighted by molar-refractivity contribution is -0.231. The number of aliphatic hydroxyl groups excluding tert-OH is 4. The average Bonchev–Trinajstić information content (AvgIpc) is 3.00. The first kappa shape index (κ1) is 20.5. The third kappa shape index (κ3) is 3.82. The van der Waals surface area contributed by atoms with Gasteiger partial charge in [0.1, 0.15) is 30.5 Å². The third-order valence-electron chi connectivity index (χ3n) is 5.63. The summed E-state index contributed by atoms with van der Waals surface area (Å²) in [6.45, 7) is -0.513. The van der Waals surface area contributed by atoms with Crippen LogP contribution in [-0.2, 0) is 11.2 Å². The fourth-order valence-electron chi connectivity index (χ4n) is 4.03. The molecular weight excluding hydrogens is 382 g/mol. The zero-order valence-electron chi connectivity index (χ0n) is 16.2. The molecule has 2 aliphatic carbocycles. The van der Waals surface area contributed by atoms with Crippen LogP contribution in [0.15, 0.2) is 60.7 Å². The Morgan fingerprint density at radius 1 is 0.833 bits per heavy atom. The molecule has 1 fully saturated rings. The van der Waals surface area contributed by atoms with Crippen molar-refractivity contribution in [2.75, 3.05) is 6.61 Å². The van der Waals surface area contributed by atoms with Crippen molar-refractivity contribution in [1.29, 1.82) is 5.26 Å². The maximum atomic E-state index is 10.5. The van der Waals surface area contributed by atoms with E-state index in [1.54, 1.807) is 12.1 Å². The van der Waals surface area contributed by atoms with Crippen molar-refractivity contribution in [3.63, 3.8) is 0 Å².